The quantitative estimate of drug-likeness (QED) is 0.326. The van der Waals surface area contributed by atoms with E-state index in [0.29, 0.717) is 29.9 Å². The van der Waals surface area contributed by atoms with E-state index in [1.54, 1.807) is 22.2 Å². The summed E-state index contributed by atoms with van der Waals surface area (Å²) in [7, 11) is 0. The zero-order chi connectivity index (χ0) is 29.8. The number of pyridine rings is 2. The molecule has 6 heterocycles. The fourth-order valence-electron chi connectivity index (χ4n) is 6.19. The van der Waals surface area contributed by atoms with Crippen LogP contribution in [0.4, 0.5) is 5.69 Å². The van der Waals surface area contributed by atoms with Crippen LogP contribution in [0, 0.1) is 6.92 Å². The Labute approximate surface area is 237 Å². The average Bonchev–Trinajstić information content (AvgIpc) is 3.57. The first-order valence-electron chi connectivity index (χ1n) is 15.6. The lowest BCUT2D eigenvalue weighted by atomic mass is 9.98. The van der Waals surface area contributed by atoms with Gasteiger partial charge >= 0.3 is 0 Å². The predicted molar refractivity (Wildman–Crippen MR) is 157 cm³/mol. The molecule has 2 saturated heterocycles. The van der Waals surface area contributed by atoms with Crippen molar-refractivity contribution >= 4 is 38.4 Å². The van der Waals surface area contributed by atoms with Crippen molar-refractivity contribution in [1.29, 1.82) is 0 Å². The van der Waals surface area contributed by atoms with E-state index in [9.17, 15) is 4.79 Å². The Kier molecular flexibility index (Phi) is 6.25. The molecule has 0 aromatic carbocycles. The van der Waals surface area contributed by atoms with Gasteiger partial charge in [-0.25, -0.2) is 14.6 Å². The zero-order valence-electron chi connectivity index (χ0n) is 26.1. The van der Waals surface area contributed by atoms with Crippen LogP contribution in [-0.4, -0.2) is 61.0 Å². The third kappa shape index (κ3) is 4.76. The molecule has 9 nitrogen and oxygen atoms in total. The Bertz CT molecular complexity index is 1640. The normalized spacial score (nSPS) is 25.1. The zero-order valence-corrected chi connectivity index (χ0v) is 23.9. The summed E-state index contributed by atoms with van der Waals surface area (Å²) in [6.45, 7) is 8.07. The molecule has 2 fully saturated rings. The molecule has 0 spiro atoms. The van der Waals surface area contributed by atoms with Crippen molar-refractivity contribution in [3.05, 3.63) is 45.5 Å². The van der Waals surface area contributed by atoms with Gasteiger partial charge in [-0.2, -0.15) is 5.10 Å². The predicted octanol–water partition coefficient (Wildman–Crippen LogP) is 5.19. The summed E-state index contributed by atoms with van der Waals surface area (Å²) in [6.07, 6.45) is 6.00. The Balaban J connectivity index is 1.38. The van der Waals surface area contributed by atoms with Crippen molar-refractivity contribution in [3.8, 4) is 0 Å². The van der Waals surface area contributed by atoms with Gasteiger partial charge in [0.05, 0.1) is 28.1 Å². The molecule has 2 aliphatic heterocycles. The second-order valence-electron chi connectivity index (χ2n) is 10.8. The monoisotopic (exact) mass is 552 g/mol. The highest BCUT2D eigenvalue weighted by Crippen LogP contribution is 2.35. The van der Waals surface area contributed by atoms with Gasteiger partial charge in [0, 0.05) is 55.0 Å². The molecule has 0 aliphatic carbocycles. The van der Waals surface area contributed by atoms with Crippen LogP contribution in [0.2, 0.25) is 0 Å². The number of thiazole rings is 1. The first-order chi connectivity index (χ1) is 20.1. The van der Waals surface area contributed by atoms with Crippen molar-refractivity contribution in [2.45, 2.75) is 84.2 Å². The molecule has 0 N–H and O–H groups in total. The lowest BCUT2D eigenvalue weighted by Crippen LogP contribution is -2.58. The van der Waals surface area contributed by atoms with Gasteiger partial charge < -0.3 is 14.2 Å². The maximum atomic E-state index is 13.4. The molecule has 39 heavy (non-hydrogen) atoms. The fraction of sp³-hybridized carbons (Fsp3) is 0.586. The minimum absolute atomic E-state index is 0.101. The minimum Gasteiger partial charge on any atom is -0.364 e. The maximum Gasteiger partial charge on any atom is 0.252 e. The molecule has 0 saturated carbocycles. The van der Waals surface area contributed by atoms with E-state index in [2.05, 4.69) is 47.7 Å². The van der Waals surface area contributed by atoms with Gasteiger partial charge in [-0.1, -0.05) is 25.2 Å². The number of aromatic nitrogens is 5. The molecule has 0 radical (unpaired) electrons. The topological polar surface area (TPSA) is 81.3 Å². The van der Waals surface area contributed by atoms with Crippen LogP contribution in [0.25, 0.3) is 21.4 Å². The Morgan fingerprint density at radius 2 is 2.03 bits per heavy atom. The third-order valence-corrected chi connectivity index (χ3v) is 9.31. The van der Waals surface area contributed by atoms with Crippen LogP contribution in [0.1, 0.15) is 80.0 Å². The minimum atomic E-state index is -2.62. The molecule has 0 bridgehead atoms. The van der Waals surface area contributed by atoms with Crippen LogP contribution >= 0.6 is 11.3 Å². The molecular weight excluding hydrogens is 510 g/mol. The van der Waals surface area contributed by atoms with Gasteiger partial charge in [0.2, 0.25) is 0 Å². The van der Waals surface area contributed by atoms with Crippen LogP contribution in [0.5, 0.6) is 0 Å². The van der Waals surface area contributed by atoms with E-state index in [1.807, 2.05) is 6.92 Å². The van der Waals surface area contributed by atoms with Gasteiger partial charge in [-0.15, -0.1) is 0 Å². The van der Waals surface area contributed by atoms with E-state index in [-0.39, 0.29) is 24.4 Å². The highest BCUT2D eigenvalue weighted by atomic mass is 32.1. The number of fused-ring (bicyclic) bond motifs is 2. The molecule has 10 heteroatoms. The lowest BCUT2D eigenvalue weighted by Gasteiger charge is -2.49. The summed E-state index contributed by atoms with van der Waals surface area (Å²) in [4.78, 5) is 28.8. The van der Waals surface area contributed by atoms with Gasteiger partial charge in [0.25, 0.3) is 5.56 Å². The number of hydrogen-bond donors (Lipinski definition) is 0. The Morgan fingerprint density at radius 1 is 1.18 bits per heavy atom. The molecule has 4 aromatic rings. The number of piperazine rings is 1. The first-order valence-corrected chi connectivity index (χ1v) is 14.9. The SMILES string of the molecule is [2H]C([2H])([2H])n1c(=O)cc(N2C[C@@H](CC)N(C(C)c3ccc4nc(C)sc4n3)C[C@@H]2CC)c2nn(C3CCCCO3)cc21. The molecule has 2 aliphatic rings. The maximum absolute atomic E-state index is 13.4. The molecule has 2 unspecified atom stereocenters. The molecule has 0 amide bonds. The summed E-state index contributed by atoms with van der Waals surface area (Å²) in [5.41, 5.74) is 2.97. The van der Waals surface area contributed by atoms with E-state index in [0.717, 1.165) is 64.3 Å². The number of hydrogen-bond acceptors (Lipinski definition) is 8. The van der Waals surface area contributed by atoms with Crippen molar-refractivity contribution in [2.24, 2.45) is 6.98 Å². The number of nitrogens with zero attached hydrogens (tertiary/aromatic N) is 7. The van der Waals surface area contributed by atoms with Crippen LogP contribution in [0.3, 0.4) is 0 Å². The van der Waals surface area contributed by atoms with Crippen molar-refractivity contribution in [2.75, 3.05) is 24.6 Å². The average molecular weight is 553 g/mol. The summed E-state index contributed by atoms with van der Waals surface area (Å²) in [5, 5.41) is 5.90. The number of ether oxygens (including phenoxy) is 1. The molecular formula is C29H39N7O2S. The molecule has 4 aromatic heterocycles. The van der Waals surface area contributed by atoms with Crippen LogP contribution < -0.4 is 10.5 Å². The van der Waals surface area contributed by atoms with Gasteiger partial charge in [-0.3, -0.25) is 9.69 Å². The molecule has 208 valence electrons. The van der Waals surface area contributed by atoms with Crippen molar-refractivity contribution < 1.29 is 8.85 Å². The second-order valence-corrected chi connectivity index (χ2v) is 12.0. The standard InChI is InChI=1S/C29H39N7O2S/c1-6-20-16-35(21(7-2)15-34(20)18(3)22-11-12-23-29(31-22)39-19(4)30-23)24-14-26(37)33(5)25-17-36(32-28(24)25)27-10-8-9-13-38-27/h11-12,14,17-18,20-21,27H,6-10,13,15-16H2,1-5H3/t18?,20-,21+,27?/m1/s1/i5D3. The Morgan fingerprint density at radius 3 is 2.77 bits per heavy atom. The van der Waals surface area contributed by atoms with E-state index in [1.165, 1.54) is 6.07 Å². The largest absolute Gasteiger partial charge is 0.364 e. The summed E-state index contributed by atoms with van der Waals surface area (Å²) >= 11 is 1.62. The van der Waals surface area contributed by atoms with E-state index >= 15 is 0 Å². The van der Waals surface area contributed by atoms with Crippen LogP contribution in [0.15, 0.2) is 29.2 Å². The summed E-state index contributed by atoms with van der Waals surface area (Å²) < 4.78 is 32.9. The summed E-state index contributed by atoms with van der Waals surface area (Å²) in [5.74, 6) is 0. The number of aryl methyl sites for hydroxylation is 2. The highest BCUT2D eigenvalue weighted by molar-refractivity contribution is 7.18. The number of rotatable bonds is 6. The number of anilines is 1. The van der Waals surface area contributed by atoms with Gasteiger partial charge in [0.15, 0.2) is 0 Å². The first kappa shape index (κ1) is 22.9. The smallest absolute Gasteiger partial charge is 0.252 e. The second kappa shape index (κ2) is 10.6. The van der Waals surface area contributed by atoms with Crippen molar-refractivity contribution in [1.82, 2.24) is 29.2 Å². The van der Waals surface area contributed by atoms with Gasteiger partial charge in [-0.05, 0) is 58.1 Å². The lowest BCUT2D eigenvalue weighted by molar-refractivity contribution is -0.0390. The van der Waals surface area contributed by atoms with E-state index < -0.39 is 12.5 Å². The molecule has 4 atom stereocenters. The van der Waals surface area contributed by atoms with Crippen LogP contribution in [-0.2, 0) is 11.7 Å². The van der Waals surface area contributed by atoms with E-state index in [4.69, 9.17) is 18.9 Å². The molecule has 6 rings (SSSR count). The fourth-order valence-corrected chi connectivity index (χ4v) is 6.99. The van der Waals surface area contributed by atoms with Crippen molar-refractivity contribution in [3.63, 3.8) is 0 Å². The highest BCUT2D eigenvalue weighted by Gasteiger charge is 2.37. The van der Waals surface area contributed by atoms with Gasteiger partial charge in [0.1, 0.15) is 22.1 Å². The Hall–Kier alpha value is -2.82. The third-order valence-electron chi connectivity index (χ3n) is 8.43. The summed E-state index contributed by atoms with van der Waals surface area (Å²) in [6, 6.07) is 6.03.